The van der Waals surface area contributed by atoms with Crippen molar-refractivity contribution >= 4 is 19.4 Å². The molecule has 3 nitrogen and oxygen atoms in total. The third-order valence-electron chi connectivity index (χ3n) is 8.15. The summed E-state index contributed by atoms with van der Waals surface area (Å²) in [6, 6.07) is 66.4. The number of rotatable bonds is 5. The summed E-state index contributed by atoms with van der Waals surface area (Å²) >= 11 is 0. The molecule has 0 bridgehead atoms. The molecule has 0 N–H and O–H groups in total. The van der Waals surface area contributed by atoms with Crippen molar-refractivity contribution in [3.63, 3.8) is 0 Å². The van der Waals surface area contributed by atoms with Crippen molar-refractivity contribution in [2.24, 2.45) is 0 Å². The van der Waals surface area contributed by atoms with Crippen LogP contribution in [0.4, 0.5) is 0 Å². The Morgan fingerprint density at radius 3 is 1.80 bits per heavy atom. The summed E-state index contributed by atoms with van der Waals surface area (Å²) in [6.07, 6.45) is 1.87. The first-order chi connectivity index (χ1) is 23.9. The van der Waals surface area contributed by atoms with Crippen LogP contribution in [0.2, 0.25) is 0 Å². The first kappa shape index (κ1) is 47.0. The van der Waals surface area contributed by atoms with Gasteiger partial charge in [0.1, 0.15) is 0 Å². The third kappa shape index (κ3) is 11.2. The second kappa shape index (κ2) is 21.8. The van der Waals surface area contributed by atoms with Gasteiger partial charge in [0.05, 0.1) is 11.0 Å². The van der Waals surface area contributed by atoms with E-state index in [1.807, 2.05) is 115 Å². The van der Waals surface area contributed by atoms with Gasteiger partial charge in [-0.2, -0.15) is 17.7 Å². The Kier molecular flexibility index (Phi) is 19.0. The summed E-state index contributed by atoms with van der Waals surface area (Å²) in [6.45, 7) is 6.63. The smallest absolute Gasteiger partial charge is 0.408 e. The topological polar surface area (TPSA) is 30.7 Å². The van der Waals surface area contributed by atoms with Gasteiger partial charge in [-0.05, 0) is 47.0 Å². The van der Waals surface area contributed by atoms with Crippen molar-refractivity contribution in [3.05, 3.63) is 195 Å². The number of nitrogens with zero attached hydrogens (tertiary/aromatic N) is 3. The maximum atomic E-state index is 4.94. The number of pyridine rings is 1. The Morgan fingerprint density at radius 2 is 1.17 bits per heavy atom. The Hall–Kier alpha value is -3.14. The number of aromatic nitrogens is 3. The molecule has 0 aliphatic carbocycles. The zero-order valence-electron chi connectivity index (χ0n) is 30.8. The van der Waals surface area contributed by atoms with E-state index in [1.54, 1.807) is 0 Å². The molecule has 8 aromatic rings. The van der Waals surface area contributed by atoms with E-state index in [9.17, 15) is 0 Å². The number of imidazole rings is 1. The zero-order valence-corrected chi connectivity index (χ0v) is 38.8. The molecule has 0 unspecified atom stereocenters. The van der Waals surface area contributed by atoms with Crippen LogP contribution in [0.15, 0.2) is 146 Å². The maximum Gasteiger partial charge on any atom is 3.00 e. The van der Waals surface area contributed by atoms with Gasteiger partial charge in [-0.1, -0.05) is 57.2 Å². The molecule has 0 aliphatic heterocycles. The minimum absolute atomic E-state index is 0. The van der Waals surface area contributed by atoms with Crippen LogP contribution in [0, 0.1) is 43.8 Å². The van der Waals surface area contributed by atoms with E-state index in [0.29, 0.717) is 0 Å². The van der Waals surface area contributed by atoms with Crippen LogP contribution < -0.4 is 0 Å². The molecule has 2 aromatic heterocycles. The molecule has 54 heavy (non-hydrogen) atoms. The molecular weight excluding hydrogens is 987 g/mol. The van der Waals surface area contributed by atoms with Gasteiger partial charge in [-0.15, -0.1) is 42.0 Å². The first-order valence-electron chi connectivity index (χ1n) is 16.3. The molecule has 0 saturated heterocycles. The summed E-state index contributed by atoms with van der Waals surface area (Å²) in [5.74, 6) is 0.809. The average Bonchev–Trinajstić information content (AvgIpc) is 3.56. The molecular formula is C47H36BIrN3Y2-4. The molecule has 261 valence electrons. The third-order valence-corrected chi connectivity index (χ3v) is 8.15. The molecule has 7 heteroatoms. The largest absolute Gasteiger partial charge is 3.00 e. The molecule has 0 aliphatic rings. The quantitative estimate of drug-likeness (QED) is 0.127. The summed E-state index contributed by atoms with van der Waals surface area (Å²) < 4.78 is 2.16. The van der Waals surface area contributed by atoms with Crippen LogP contribution in [0.25, 0.3) is 61.6 Å². The van der Waals surface area contributed by atoms with E-state index in [0.717, 1.165) is 61.6 Å². The molecule has 8 rings (SSSR count). The fourth-order valence-corrected chi connectivity index (χ4v) is 5.60. The molecule has 0 saturated carbocycles. The average molecular weight is 1020 g/mol. The maximum absolute atomic E-state index is 4.94. The first-order valence-corrected chi connectivity index (χ1v) is 16.3. The van der Waals surface area contributed by atoms with Gasteiger partial charge < -0.3 is 50.8 Å². The Balaban J connectivity index is 0.000000414. The van der Waals surface area contributed by atoms with Crippen LogP contribution in [0.5, 0.6) is 0 Å². The molecule has 5 radical (unpaired) electrons. The Labute approximate surface area is 387 Å². The van der Waals surface area contributed by atoms with Gasteiger partial charge in [-0.25, -0.2) is 36.4 Å². The van der Waals surface area contributed by atoms with Crippen LogP contribution in [-0.2, 0) is 90.9 Å². The monoisotopic (exact) mass is 1020 g/mol. The van der Waals surface area contributed by atoms with Gasteiger partial charge in [0.15, 0.2) is 0 Å². The van der Waals surface area contributed by atoms with E-state index in [-0.39, 0.29) is 107 Å². The molecule has 0 amide bonds. The van der Waals surface area contributed by atoms with Crippen molar-refractivity contribution in [3.8, 4) is 50.6 Å². The van der Waals surface area contributed by atoms with Gasteiger partial charge in [0, 0.05) is 78.9 Å². The fourth-order valence-electron chi connectivity index (χ4n) is 5.60. The molecule has 6 aromatic carbocycles. The van der Waals surface area contributed by atoms with E-state index in [2.05, 4.69) is 97.1 Å². The van der Waals surface area contributed by atoms with Gasteiger partial charge >= 0.3 is 32.7 Å². The molecule has 2 heterocycles. The van der Waals surface area contributed by atoms with Gasteiger partial charge in [0.25, 0.3) is 0 Å². The predicted octanol–water partition coefficient (Wildman–Crippen LogP) is 10.9. The number of para-hydroxylation sites is 3. The number of benzene rings is 6. The van der Waals surface area contributed by atoms with Gasteiger partial charge in [-0.3, -0.25) is 17.7 Å². The minimum atomic E-state index is 0. The Morgan fingerprint density at radius 1 is 0.593 bits per heavy atom. The van der Waals surface area contributed by atoms with Gasteiger partial charge in [0.2, 0.25) is 0 Å². The molecule has 0 atom stereocenters. The number of hydrogen-bond acceptors (Lipinski definition) is 2. The van der Waals surface area contributed by atoms with E-state index in [1.165, 1.54) is 5.56 Å². The zero-order chi connectivity index (χ0) is 33.6. The molecule has 0 fully saturated rings. The summed E-state index contributed by atoms with van der Waals surface area (Å²) in [7, 11) is 0. The predicted molar refractivity (Wildman–Crippen MR) is 211 cm³/mol. The van der Waals surface area contributed by atoms with Crippen molar-refractivity contribution in [2.75, 3.05) is 0 Å². The van der Waals surface area contributed by atoms with Crippen molar-refractivity contribution in [1.82, 2.24) is 14.5 Å². The molecule has 0 spiro atoms. The van der Waals surface area contributed by atoms with E-state index < -0.39 is 0 Å². The standard InChI is InChI=1S/C31H17N2.C15H16N.CH3.B.Ir.2Y/c1-3-11-23(12-4-1)24-13-9-14-25(21-24)26-15-10-16-27(22-26)31-32-29-19-7-8-20-30(29)33(31)28-17-5-2-6-18-28;1-15(2,3)13-9-10-16-14(11-13)12-7-5-4-6-8-12;;;;;/h1-11,14-15,17-20H;4-7,9-11H,1-3H3;1H3;;;;/q-5;2*-1;;;;+3. The van der Waals surface area contributed by atoms with Crippen LogP contribution in [-0.4, -0.2) is 22.9 Å². The minimum Gasteiger partial charge on any atom is -0.408 e. The number of hydrogen-bond donors (Lipinski definition) is 0. The van der Waals surface area contributed by atoms with Crippen molar-refractivity contribution in [2.45, 2.75) is 26.2 Å². The van der Waals surface area contributed by atoms with Crippen LogP contribution in [0.3, 0.4) is 0 Å². The van der Waals surface area contributed by atoms with E-state index in [4.69, 9.17) is 4.98 Å². The second-order valence-electron chi connectivity index (χ2n) is 12.6. The Bertz CT molecular complexity index is 2320. The second-order valence-corrected chi connectivity index (χ2v) is 12.6. The van der Waals surface area contributed by atoms with Crippen molar-refractivity contribution < 1.29 is 85.5 Å². The van der Waals surface area contributed by atoms with Crippen molar-refractivity contribution in [1.29, 1.82) is 0 Å². The summed E-state index contributed by atoms with van der Waals surface area (Å²) in [5, 5.41) is 0. The summed E-state index contributed by atoms with van der Waals surface area (Å²) in [5.41, 5.74) is 11.1. The SMILES string of the molecule is CC(C)(C)c1ccnc(-c2[c-]cccc2)c1.[B].[CH3-].[Ir].[Y+3].[Y].[c-]1ccc(-c2[c-]c(-c3nc4ccccc4n3-c3ccccc3)[c-]cc2)[c-]c1-c1[c-]cccc1. The normalized spacial score (nSPS) is 10.1. The van der Waals surface area contributed by atoms with Crippen LogP contribution in [0.1, 0.15) is 26.3 Å². The summed E-state index contributed by atoms with van der Waals surface area (Å²) in [4.78, 5) is 9.33. The number of fused-ring (bicyclic) bond motifs is 1. The van der Waals surface area contributed by atoms with Crippen LogP contribution >= 0.6 is 0 Å². The van der Waals surface area contributed by atoms with E-state index >= 15 is 0 Å². The fraction of sp³-hybridized carbons (Fsp3) is 0.0851.